The number of rotatable bonds is 3. The van der Waals surface area contributed by atoms with Crippen LogP contribution in [0.25, 0.3) is 0 Å². The molecule has 1 aliphatic heterocycles. The lowest BCUT2D eigenvalue weighted by Crippen LogP contribution is -2.35. The Morgan fingerprint density at radius 3 is 2.80 bits per heavy atom. The Labute approximate surface area is 120 Å². The van der Waals surface area contributed by atoms with E-state index >= 15 is 0 Å². The molecule has 1 N–H and O–H groups in total. The zero-order valence-corrected chi connectivity index (χ0v) is 11.9. The van der Waals surface area contributed by atoms with Crippen LogP contribution in [0.5, 0.6) is 5.75 Å². The Kier molecular flexibility index (Phi) is 3.70. The van der Waals surface area contributed by atoms with E-state index in [4.69, 9.17) is 4.74 Å². The molecule has 3 nitrogen and oxygen atoms in total. The molecule has 3 rings (SSSR count). The van der Waals surface area contributed by atoms with Gasteiger partial charge in [-0.1, -0.05) is 31.2 Å². The van der Waals surface area contributed by atoms with Gasteiger partial charge in [0.15, 0.2) is 0 Å². The van der Waals surface area contributed by atoms with Crippen molar-refractivity contribution < 1.29 is 4.74 Å². The number of para-hydroxylation sites is 1. The van der Waals surface area contributed by atoms with Gasteiger partial charge in [-0.25, -0.2) is 0 Å². The number of ether oxygens (including phenoxy) is 1. The number of fused-ring (bicyclic) bond motifs is 1. The number of benzene rings is 1. The molecule has 0 saturated carbocycles. The summed E-state index contributed by atoms with van der Waals surface area (Å²) in [6.07, 6.45) is 1.84. The van der Waals surface area contributed by atoms with E-state index in [2.05, 4.69) is 42.3 Å². The van der Waals surface area contributed by atoms with Crippen LogP contribution in [0.3, 0.4) is 0 Å². The van der Waals surface area contributed by atoms with Crippen LogP contribution in [-0.2, 0) is 0 Å². The Hall–Kier alpha value is -1.87. The Balaban J connectivity index is 1.83. The number of hydrogen-bond acceptors (Lipinski definition) is 3. The molecular weight excluding hydrogens is 248 g/mol. The molecule has 0 aliphatic carbocycles. The fourth-order valence-electron chi connectivity index (χ4n) is 2.73. The van der Waals surface area contributed by atoms with Gasteiger partial charge in [-0.2, -0.15) is 0 Å². The Morgan fingerprint density at radius 1 is 1.20 bits per heavy atom. The Bertz CT molecular complexity index is 570. The van der Waals surface area contributed by atoms with E-state index < -0.39 is 0 Å². The molecule has 2 heterocycles. The molecule has 1 aromatic heterocycles. The topological polar surface area (TPSA) is 34.1 Å². The number of aromatic nitrogens is 1. The van der Waals surface area contributed by atoms with Crippen LogP contribution < -0.4 is 10.1 Å². The molecule has 2 aromatic rings. The predicted molar refractivity (Wildman–Crippen MR) is 79.6 cm³/mol. The second-order valence-corrected chi connectivity index (χ2v) is 5.45. The first-order valence-electron chi connectivity index (χ1n) is 7.14. The van der Waals surface area contributed by atoms with Crippen LogP contribution in [0.4, 0.5) is 0 Å². The van der Waals surface area contributed by atoms with Crippen molar-refractivity contribution in [3.63, 3.8) is 0 Å². The van der Waals surface area contributed by atoms with Gasteiger partial charge in [0.05, 0.1) is 12.3 Å². The Morgan fingerprint density at radius 2 is 2.00 bits per heavy atom. The summed E-state index contributed by atoms with van der Waals surface area (Å²) < 4.78 is 5.80. The predicted octanol–water partition coefficient (Wildman–Crippen LogP) is 3.50. The van der Waals surface area contributed by atoms with E-state index in [0.717, 1.165) is 18.1 Å². The highest BCUT2D eigenvalue weighted by atomic mass is 16.5. The molecule has 0 spiro atoms. The molecule has 2 unspecified atom stereocenters. The molecule has 0 radical (unpaired) electrons. The zero-order valence-electron chi connectivity index (χ0n) is 11.9. The van der Waals surface area contributed by atoms with Crippen LogP contribution in [-0.4, -0.2) is 11.6 Å². The smallest absolute Gasteiger partial charge is 0.124 e. The van der Waals surface area contributed by atoms with E-state index in [9.17, 15) is 0 Å². The van der Waals surface area contributed by atoms with E-state index in [1.807, 2.05) is 30.5 Å². The average Bonchev–Trinajstić information content (AvgIpc) is 2.51. The third-order valence-corrected chi connectivity index (χ3v) is 3.89. The lowest BCUT2D eigenvalue weighted by molar-refractivity contribution is 0.181. The first-order chi connectivity index (χ1) is 9.75. The highest BCUT2D eigenvalue weighted by molar-refractivity contribution is 5.38. The summed E-state index contributed by atoms with van der Waals surface area (Å²) in [6.45, 7) is 5.13. The minimum absolute atomic E-state index is 0.217. The van der Waals surface area contributed by atoms with Crippen LogP contribution >= 0.6 is 0 Å². The minimum Gasteiger partial charge on any atom is -0.493 e. The summed E-state index contributed by atoms with van der Waals surface area (Å²) in [7, 11) is 0. The summed E-state index contributed by atoms with van der Waals surface area (Å²) >= 11 is 0. The van der Waals surface area contributed by atoms with Gasteiger partial charge in [-0.3, -0.25) is 4.98 Å². The minimum atomic E-state index is 0.217. The quantitative estimate of drug-likeness (QED) is 0.925. The lowest BCUT2D eigenvalue weighted by atomic mass is 9.91. The lowest BCUT2D eigenvalue weighted by Gasteiger charge is -2.34. The molecular formula is C17H20N2O. The van der Waals surface area contributed by atoms with Crippen molar-refractivity contribution in [1.82, 2.24) is 10.3 Å². The van der Waals surface area contributed by atoms with E-state index in [1.54, 1.807) is 0 Å². The maximum absolute atomic E-state index is 5.80. The van der Waals surface area contributed by atoms with Gasteiger partial charge >= 0.3 is 0 Å². The summed E-state index contributed by atoms with van der Waals surface area (Å²) in [6, 6.07) is 14.8. The summed E-state index contributed by atoms with van der Waals surface area (Å²) in [5.41, 5.74) is 2.32. The highest BCUT2D eigenvalue weighted by Gasteiger charge is 2.28. The molecule has 0 amide bonds. The summed E-state index contributed by atoms with van der Waals surface area (Å²) in [5, 5.41) is 3.70. The van der Waals surface area contributed by atoms with E-state index in [1.165, 1.54) is 5.56 Å². The van der Waals surface area contributed by atoms with Crippen molar-refractivity contribution in [3.8, 4) is 5.75 Å². The molecule has 20 heavy (non-hydrogen) atoms. The summed E-state index contributed by atoms with van der Waals surface area (Å²) in [4.78, 5) is 4.43. The molecule has 3 atom stereocenters. The molecule has 0 fully saturated rings. The molecule has 1 aromatic carbocycles. The third-order valence-electron chi connectivity index (χ3n) is 3.89. The van der Waals surface area contributed by atoms with Crippen molar-refractivity contribution in [2.45, 2.75) is 25.9 Å². The standard InChI is InChI=1S/C17H20N2O/c1-12-11-20-16-9-4-3-7-14(16)17(12)19-13(2)15-8-5-6-10-18-15/h3-10,12-13,17,19H,11H2,1-2H3/t12?,13-,17?/m1/s1. The fourth-order valence-corrected chi connectivity index (χ4v) is 2.73. The van der Waals surface area contributed by atoms with Crippen molar-refractivity contribution in [3.05, 3.63) is 59.9 Å². The third kappa shape index (κ3) is 2.54. The first kappa shape index (κ1) is 13.1. The zero-order chi connectivity index (χ0) is 13.9. The number of nitrogens with one attached hydrogen (secondary N) is 1. The molecule has 0 saturated heterocycles. The van der Waals surface area contributed by atoms with Gasteiger partial charge in [0.2, 0.25) is 0 Å². The van der Waals surface area contributed by atoms with Crippen molar-refractivity contribution in [2.75, 3.05) is 6.61 Å². The van der Waals surface area contributed by atoms with Crippen molar-refractivity contribution in [2.24, 2.45) is 5.92 Å². The largest absolute Gasteiger partial charge is 0.493 e. The second kappa shape index (κ2) is 5.63. The van der Waals surface area contributed by atoms with E-state index in [0.29, 0.717) is 12.0 Å². The fraction of sp³-hybridized carbons (Fsp3) is 0.353. The van der Waals surface area contributed by atoms with Gasteiger partial charge in [-0.15, -0.1) is 0 Å². The molecule has 1 aliphatic rings. The normalized spacial score (nSPS) is 22.7. The van der Waals surface area contributed by atoms with Crippen molar-refractivity contribution >= 4 is 0 Å². The SMILES string of the molecule is CC1COc2ccccc2C1N[C@H](C)c1ccccn1. The second-order valence-electron chi connectivity index (χ2n) is 5.45. The van der Waals surface area contributed by atoms with Gasteiger partial charge in [-0.05, 0) is 25.1 Å². The van der Waals surface area contributed by atoms with Crippen LogP contribution in [0.2, 0.25) is 0 Å². The molecule has 0 bridgehead atoms. The van der Waals surface area contributed by atoms with E-state index in [-0.39, 0.29) is 6.04 Å². The van der Waals surface area contributed by atoms with Crippen LogP contribution in [0.15, 0.2) is 48.7 Å². The van der Waals surface area contributed by atoms with Gasteiger partial charge in [0.25, 0.3) is 0 Å². The van der Waals surface area contributed by atoms with Crippen LogP contribution in [0, 0.1) is 5.92 Å². The van der Waals surface area contributed by atoms with Gasteiger partial charge in [0.1, 0.15) is 5.75 Å². The van der Waals surface area contributed by atoms with Gasteiger partial charge in [0, 0.05) is 29.8 Å². The van der Waals surface area contributed by atoms with Crippen LogP contribution in [0.1, 0.15) is 37.2 Å². The maximum atomic E-state index is 5.80. The summed E-state index contributed by atoms with van der Waals surface area (Å²) in [5.74, 6) is 1.44. The number of pyridine rings is 1. The first-order valence-corrected chi connectivity index (χ1v) is 7.14. The maximum Gasteiger partial charge on any atom is 0.124 e. The molecule has 104 valence electrons. The average molecular weight is 268 g/mol. The van der Waals surface area contributed by atoms with Gasteiger partial charge < -0.3 is 10.1 Å². The number of nitrogens with zero attached hydrogens (tertiary/aromatic N) is 1. The van der Waals surface area contributed by atoms with Crippen molar-refractivity contribution in [1.29, 1.82) is 0 Å². The number of hydrogen-bond donors (Lipinski definition) is 1. The highest BCUT2D eigenvalue weighted by Crippen LogP contribution is 2.36. The monoisotopic (exact) mass is 268 g/mol. The molecule has 3 heteroatoms.